The van der Waals surface area contributed by atoms with Crippen molar-refractivity contribution in [3.8, 4) is 0 Å². The molecule has 142 valence electrons. The van der Waals surface area contributed by atoms with E-state index in [4.69, 9.17) is 0 Å². The van der Waals surface area contributed by atoms with Crippen LogP contribution in [-0.2, 0) is 9.59 Å². The van der Waals surface area contributed by atoms with Crippen molar-refractivity contribution in [2.45, 2.75) is 33.1 Å². The SMILES string of the molecule is CCCN(CCC)C(=O)c1ccc(N2C(=O)[C@@H]3[C@H](C2=O)[C@H]2C=C[C@H]3C2)cc1. The highest BCUT2D eigenvalue weighted by molar-refractivity contribution is 6.22. The summed E-state index contributed by atoms with van der Waals surface area (Å²) in [6.07, 6.45) is 6.95. The van der Waals surface area contributed by atoms with Crippen molar-refractivity contribution in [1.29, 1.82) is 0 Å². The number of hydrogen-bond acceptors (Lipinski definition) is 3. The summed E-state index contributed by atoms with van der Waals surface area (Å²) in [6.45, 7) is 5.58. The van der Waals surface area contributed by atoms with Crippen molar-refractivity contribution in [2.24, 2.45) is 23.7 Å². The number of rotatable bonds is 6. The molecular formula is C22H26N2O3. The van der Waals surface area contributed by atoms with Crippen molar-refractivity contribution in [3.05, 3.63) is 42.0 Å². The highest BCUT2D eigenvalue weighted by atomic mass is 16.2. The lowest BCUT2D eigenvalue weighted by Gasteiger charge is -2.22. The van der Waals surface area contributed by atoms with E-state index >= 15 is 0 Å². The van der Waals surface area contributed by atoms with E-state index in [9.17, 15) is 14.4 Å². The third kappa shape index (κ3) is 2.80. The Bertz CT molecular complexity index is 762. The van der Waals surface area contributed by atoms with Gasteiger partial charge in [0.05, 0.1) is 17.5 Å². The minimum atomic E-state index is -0.196. The number of allylic oxidation sites excluding steroid dienone is 2. The molecule has 0 unspecified atom stereocenters. The summed E-state index contributed by atoms with van der Waals surface area (Å²) in [6, 6.07) is 6.93. The molecule has 27 heavy (non-hydrogen) atoms. The molecule has 2 bridgehead atoms. The van der Waals surface area contributed by atoms with Gasteiger partial charge >= 0.3 is 0 Å². The maximum absolute atomic E-state index is 12.9. The Hall–Kier alpha value is -2.43. The zero-order valence-corrected chi connectivity index (χ0v) is 15.9. The van der Waals surface area contributed by atoms with Crippen molar-refractivity contribution in [1.82, 2.24) is 4.90 Å². The fourth-order valence-corrected chi connectivity index (χ4v) is 4.95. The molecule has 5 heteroatoms. The Morgan fingerprint density at radius 1 is 0.963 bits per heavy atom. The molecule has 5 nitrogen and oxygen atoms in total. The van der Waals surface area contributed by atoms with Crippen LogP contribution in [0.25, 0.3) is 0 Å². The number of carbonyl (C=O) groups excluding carboxylic acids is 3. The molecule has 4 rings (SSSR count). The predicted molar refractivity (Wildman–Crippen MR) is 103 cm³/mol. The number of anilines is 1. The third-order valence-corrected chi connectivity index (χ3v) is 6.12. The van der Waals surface area contributed by atoms with Crippen LogP contribution in [0.4, 0.5) is 5.69 Å². The maximum Gasteiger partial charge on any atom is 0.253 e. The summed E-state index contributed by atoms with van der Waals surface area (Å²) in [5.74, 6) is -0.141. The van der Waals surface area contributed by atoms with Gasteiger partial charge in [-0.1, -0.05) is 26.0 Å². The molecule has 0 spiro atoms. The highest BCUT2D eigenvalue weighted by Gasteiger charge is 2.59. The number of nitrogens with zero attached hydrogens (tertiary/aromatic N) is 2. The van der Waals surface area contributed by atoms with Gasteiger partial charge in [-0.2, -0.15) is 0 Å². The summed E-state index contributed by atoms with van der Waals surface area (Å²) in [5.41, 5.74) is 1.18. The molecule has 4 atom stereocenters. The third-order valence-electron chi connectivity index (χ3n) is 6.12. The quantitative estimate of drug-likeness (QED) is 0.574. The van der Waals surface area contributed by atoms with Gasteiger partial charge in [-0.3, -0.25) is 19.3 Å². The molecule has 3 aliphatic rings. The average molecular weight is 366 g/mol. The number of fused-ring (bicyclic) bond motifs is 5. The van der Waals surface area contributed by atoms with Crippen molar-refractivity contribution in [3.63, 3.8) is 0 Å². The number of hydrogen-bond donors (Lipinski definition) is 0. The lowest BCUT2D eigenvalue weighted by molar-refractivity contribution is -0.123. The Kier molecular flexibility index (Phi) is 4.62. The van der Waals surface area contributed by atoms with E-state index < -0.39 is 0 Å². The Morgan fingerprint density at radius 2 is 1.48 bits per heavy atom. The van der Waals surface area contributed by atoms with Gasteiger partial charge in [0.1, 0.15) is 0 Å². The molecule has 2 fully saturated rings. The van der Waals surface area contributed by atoms with Gasteiger partial charge in [-0.15, -0.1) is 0 Å². The minimum Gasteiger partial charge on any atom is -0.339 e. The predicted octanol–water partition coefficient (Wildman–Crippen LogP) is 3.26. The molecular weight excluding hydrogens is 340 g/mol. The lowest BCUT2D eigenvalue weighted by atomic mass is 9.85. The molecule has 1 saturated heterocycles. The van der Waals surface area contributed by atoms with E-state index in [1.165, 1.54) is 4.90 Å². The van der Waals surface area contributed by atoms with E-state index in [1.54, 1.807) is 24.3 Å². The van der Waals surface area contributed by atoms with Crippen LogP contribution in [0.15, 0.2) is 36.4 Å². The van der Waals surface area contributed by atoms with E-state index in [0.717, 1.165) is 32.4 Å². The number of carbonyl (C=O) groups is 3. The average Bonchev–Trinajstić information content (AvgIpc) is 3.35. The smallest absolute Gasteiger partial charge is 0.253 e. The zero-order valence-electron chi connectivity index (χ0n) is 15.9. The first-order valence-electron chi connectivity index (χ1n) is 10.0. The first kappa shape index (κ1) is 18.0. The Morgan fingerprint density at radius 3 is 1.96 bits per heavy atom. The van der Waals surface area contributed by atoms with Crippen molar-refractivity contribution in [2.75, 3.05) is 18.0 Å². The fourth-order valence-electron chi connectivity index (χ4n) is 4.95. The largest absolute Gasteiger partial charge is 0.339 e. The summed E-state index contributed by atoms with van der Waals surface area (Å²) in [4.78, 5) is 41.7. The lowest BCUT2D eigenvalue weighted by Crippen LogP contribution is -2.33. The number of amides is 3. The topological polar surface area (TPSA) is 57.7 Å². The monoisotopic (exact) mass is 366 g/mol. The van der Waals surface area contributed by atoms with Gasteiger partial charge in [0.2, 0.25) is 11.8 Å². The van der Waals surface area contributed by atoms with Gasteiger partial charge in [-0.05, 0) is 55.4 Å². The Balaban J connectivity index is 1.54. The highest BCUT2D eigenvalue weighted by Crippen LogP contribution is 2.53. The van der Waals surface area contributed by atoms with E-state index in [1.807, 2.05) is 4.90 Å². The second-order valence-electron chi connectivity index (χ2n) is 7.85. The van der Waals surface area contributed by atoms with E-state index in [2.05, 4.69) is 26.0 Å². The first-order chi connectivity index (χ1) is 13.1. The summed E-state index contributed by atoms with van der Waals surface area (Å²) in [7, 11) is 0. The molecule has 1 aromatic rings. The van der Waals surface area contributed by atoms with Crippen molar-refractivity contribution >= 4 is 23.4 Å². The Labute approximate surface area is 160 Å². The summed E-state index contributed by atoms with van der Waals surface area (Å²) >= 11 is 0. The van der Waals surface area contributed by atoms with E-state index in [0.29, 0.717) is 11.3 Å². The molecule has 1 heterocycles. The van der Waals surface area contributed by atoms with Crippen LogP contribution in [0.1, 0.15) is 43.5 Å². The van der Waals surface area contributed by atoms with Crippen LogP contribution < -0.4 is 4.90 Å². The molecule has 1 aliphatic heterocycles. The van der Waals surface area contributed by atoms with Crippen LogP contribution in [0.2, 0.25) is 0 Å². The second kappa shape index (κ2) is 6.95. The molecule has 1 aromatic carbocycles. The van der Waals surface area contributed by atoms with E-state index in [-0.39, 0.29) is 41.4 Å². The van der Waals surface area contributed by atoms with Gasteiger partial charge in [0.25, 0.3) is 5.91 Å². The molecule has 0 aromatic heterocycles. The molecule has 1 saturated carbocycles. The van der Waals surface area contributed by atoms with Crippen LogP contribution in [0, 0.1) is 23.7 Å². The fraction of sp³-hybridized carbons (Fsp3) is 0.500. The molecule has 2 aliphatic carbocycles. The second-order valence-corrected chi connectivity index (χ2v) is 7.85. The number of imide groups is 1. The van der Waals surface area contributed by atoms with Crippen LogP contribution in [0.3, 0.4) is 0 Å². The summed E-state index contributed by atoms with van der Waals surface area (Å²) < 4.78 is 0. The van der Waals surface area contributed by atoms with Crippen molar-refractivity contribution < 1.29 is 14.4 Å². The minimum absolute atomic E-state index is 0.00318. The van der Waals surface area contributed by atoms with Crippen LogP contribution in [-0.4, -0.2) is 35.7 Å². The molecule has 3 amide bonds. The zero-order chi connectivity index (χ0) is 19.1. The number of benzene rings is 1. The van der Waals surface area contributed by atoms with Gasteiger partial charge < -0.3 is 4.90 Å². The van der Waals surface area contributed by atoms with Gasteiger partial charge in [0, 0.05) is 18.7 Å². The summed E-state index contributed by atoms with van der Waals surface area (Å²) in [5, 5.41) is 0. The molecule has 0 radical (unpaired) electrons. The maximum atomic E-state index is 12.9. The normalized spacial score (nSPS) is 28.1. The first-order valence-corrected chi connectivity index (χ1v) is 10.0. The molecule has 0 N–H and O–H groups in total. The van der Waals surface area contributed by atoms with Gasteiger partial charge in [0.15, 0.2) is 0 Å². The van der Waals surface area contributed by atoms with Crippen LogP contribution >= 0.6 is 0 Å². The van der Waals surface area contributed by atoms with Gasteiger partial charge in [-0.25, -0.2) is 0 Å². The van der Waals surface area contributed by atoms with Crippen LogP contribution in [0.5, 0.6) is 0 Å². The standard InChI is InChI=1S/C22H26N2O3/c1-3-11-23(12-4-2)20(25)14-7-9-17(10-8-14)24-21(26)18-15-5-6-16(13-15)19(18)22(24)27/h5-10,15-16,18-19H,3-4,11-13H2,1-2H3/t15-,16-,18-,19+/m0/s1.